The van der Waals surface area contributed by atoms with Crippen molar-refractivity contribution in [2.75, 3.05) is 0 Å². The second kappa shape index (κ2) is 4.49. The van der Waals surface area contributed by atoms with Gasteiger partial charge in [-0.3, -0.25) is 0 Å². The van der Waals surface area contributed by atoms with E-state index in [9.17, 15) is 4.39 Å². The van der Waals surface area contributed by atoms with Crippen LogP contribution in [0.4, 0.5) is 4.39 Å². The topological polar surface area (TPSA) is 39.2 Å². The first-order valence-corrected chi connectivity index (χ1v) is 5.30. The van der Waals surface area contributed by atoms with Gasteiger partial charge in [0.1, 0.15) is 17.3 Å². The van der Waals surface area contributed by atoms with Crippen LogP contribution in [-0.2, 0) is 6.42 Å². The summed E-state index contributed by atoms with van der Waals surface area (Å²) >= 11 is 0. The number of hydrogen-bond acceptors (Lipinski definition) is 2. The maximum absolute atomic E-state index is 13.0. The molecule has 0 saturated heterocycles. The van der Waals surface area contributed by atoms with Crippen LogP contribution in [0.25, 0.3) is 0 Å². The number of hydrogen-bond donors (Lipinski definition) is 1. The zero-order chi connectivity index (χ0) is 11.5. The van der Waals surface area contributed by atoms with Gasteiger partial charge in [0.05, 0.1) is 6.04 Å². The van der Waals surface area contributed by atoms with Gasteiger partial charge in [0.2, 0.25) is 0 Å². The molecule has 1 heterocycles. The maximum atomic E-state index is 13.0. The normalized spacial score (nSPS) is 12.7. The molecule has 0 radical (unpaired) electrons. The fourth-order valence-corrected chi connectivity index (χ4v) is 1.62. The lowest BCUT2D eigenvalue weighted by molar-refractivity contribution is 0.453. The molecule has 84 valence electrons. The van der Waals surface area contributed by atoms with Gasteiger partial charge >= 0.3 is 0 Å². The standard InChI is InChI=1S/C13H14FNO/c1-2-11-6-7-12(16-11)13(15)9-4-3-5-10(14)8-9/h3-8,13H,2,15H2,1H3. The van der Waals surface area contributed by atoms with Gasteiger partial charge in [-0.2, -0.15) is 0 Å². The van der Waals surface area contributed by atoms with Gasteiger partial charge in [0.15, 0.2) is 0 Å². The highest BCUT2D eigenvalue weighted by atomic mass is 19.1. The van der Waals surface area contributed by atoms with Crippen LogP contribution in [0, 0.1) is 5.82 Å². The Hall–Kier alpha value is -1.61. The zero-order valence-electron chi connectivity index (χ0n) is 9.11. The van der Waals surface area contributed by atoms with Crippen molar-refractivity contribution in [2.45, 2.75) is 19.4 Å². The molecular formula is C13H14FNO. The molecule has 3 heteroatoms. The Morgan fingerprint density at radius 3 is 2.75 bits per heavy atom. The minimum absolute atomic E-state index is 0.282. The number of benzene rings is 1. The van der Waals surface area contributed by atoms with E-state index in [0.29, 0.717) is 5.76 Å². The van der Waals surface area contributed by atoms with Gasteiger partial charge in [-0.15, -0.1) is 0 Å². The van der Waals surface area contributed by atoms with Crippen molar-refractivity contribution in [1.29, 1.82) is 0 Å². The second-order valence-electron chi connectivity index (χ2n) is 3.69. The van der Waals surface area contributed by atoms with Crippen molar-refractivity contribution in [1.82, 2.24) is 0 Å². The van der Waals surface area contributed by atoms with Gasteiger partial charge in [0, 0.05) is 6.42 Å². The molecule has 0 fully saturated rings. The summed E-state index contributed by atoms with van der Waals surface area (Å²) in [7, 11) is 0. The van der Waals surface area contributed by atoms with Crippen molar-refractivity contribution < 1.29 is 8.81 Å². The summed E-state index contributed by atoms with van der Waals surface area (Å²) in [5.74, 6) is 1.28. The molecule has 0 bridgehead atoms. The van der Waals surface area contributed by atoms with Crippen LogP contribution in [0.1, 0.15) is 30.0 Å². The summed E-state index contributed by atoms with van der Waals surface area (Å²) < 4.78 is 18.6. The quantitative estimate of drug-likeness (QED) is 0.861. The first kappa shape index (κ1) is 10.9. The SMILES string of the molecule is CCc1ccc(C(N)c2cccc(F)c2)o1. The second-order valence-corrected chi connectivity index (χ2v) is 3.69. The van der Waals surface area contributed by atoms with Crippen molar-refractivity contribution >= 4 is 0 Å². The van der Waals surface area contributed by atoms with Crippen LogP contribution < -0.4 is 5.73 Å². The van der Waals surface area contributed by atoms with Gasteiger partial charge in [-0.05, 0) is 29.8 Å². The number of halogens is 1. The average molecular weight is 219 g/mol. The molecule has 2 rings (SSSR count). The molecule has 1 unspecified atom stereocenters. The molecule has 1 aromatic carbocycles. The highest BCUT2D eigenvalue weighted by molar-refractivity contribution is 5.27. The van der Waals surface area contributed by atoms with Crippen LogP contribution >= 0.6 is 0 Å². The van der Waals surface area contributed by atoms with Gasteiger partial charge in [-0.1, -0.05) is 19.1 Å². The van der Waals surface area contributed by atoms with Gasteiger partial charge in [-0.25, -0.2) is 4.39 Å². The van der Waals surface area contributed by atoms with Crippen molar-refractivity contribution in [3.8, 4) is 0 Å². The third-order valence-corrected chi connectivity index (χ3v) is 2.55. The molecule has 0 saturated carbocycles. The number of furan rings is 1. The summed E-state index contributed by atoms with van der Waals surface area (Å²) in [6.45, 7) is 2.01. The van der Waals surface area contributed by atoms with E-state index in [1.807, 2.05) is 19.1 Å². The van der Waals surface area contributed by atoms with Crippen molar-refractivity contribution in [2.24, 2.45) is 5.73 Å². The number of aryl methyl sites for hydroxylation is 1. The van der Waals surface area contributed by atoms with Crippen molar-refractivity contribution in [3.05, 3.63) is 59.3 Å². The summed E-state index contributed by atoms with van der Waals surface area (Å²) in [4.78, 5) is 0. The largest absolute Gasteiger partial charge is 0.464 e. The fraction of sp³-hybridized carbons (Fsp3) is 0.231. The molecule has 0 aliphatic heterocycles. The van der Waals surface area contributed by atoms with Crippen LogP contribution in [0.2, 0.25) is 0 Å². The highest BCUT2D eigenvalue weighted by Crippen LogP contribution is 2.22. The molecule has 0 aliphatic rings. The van der Waals surface area contributed by atoms with Crippen LogP contribution in [0.3, 0.4) is 0 Å². The molecule has 0 aliphatic carbocycles. The Morgan fingerprint density at radius 2 is 2.12 bits per heavy atom. The molecule has 0 amide bonds. The van der Waals surface area contributed by atoms with E-state index in [4.69, 9.17) is 10.2 Å². The Bertz CT molecular complexity index is 478. The van der Waals surface area contributed by atoms with E-state index in [1.165, 1.54) is 12.1 Å². The Balaban J connectivity index is 2.27. The van der Waals surface area contributed by atoms with Crippen molar-refractivity contribution in [3.63, 3.8) is 0 Å². The third kappa shape index (κ3) is 2.14. The van der Waals surface area contributed by atoms with E-state index in [1.54, 1.807) is 12.1 Å². The predicted octanol–water partition coefficient (Wildman–Crippen LogP) is 3.03. The molecule has 1 aromatic heterocycles. The molecule has 2 aromatic rings. The number of nitrogens with two attached hydrogens (primary N) is 1. The monoisotopic (exact) mass is 219 g/mol. The van der Waals surface area contributed by atoms with E-state index in [0.717, 1.165) is 17.7 Å². The third-order valence-electron chi connectivity index (χ3n) is 2.55. The molecule has 1 atom stereocenters. The van der Waals surface area contributed by atoms with E-state index in [2.05, 4.69) is 0 Å². The fourth-order valence-electron chi connectivity index (χ4n) is 1.62. The van der Waals surface area contributed by atoms with Crippen LogP contribution in [0.5, 0.6) is 0 Å². The molecule has 2 N–H and O–H groups in total. The Kier molecular flexibility index (Phi) is 3.06. The minimum Gasteiger partial charge on any atom is -0.464 e. The lowest BCUT2D eigenvalue weighted by Gasteiger charge is -2.08. The van der Waals surface area contributed by atoms with E-state index >= 15 is 0 Å². The smallest absolute Gasteiger partial charge is 0.125 e. The summed E-state index contributed by atoms with van der Waals surface area (Å²) in [6, 6.07) is 9.60. The maximum Gasteiger partial charge on any atom is 0.125 e. The van der Waals surface area contributed by atoms with E-state index < -0.39 is 6.04 Å². The molecule has 2 nitrogen and oxygen atoms in total. The summed E-state index contributed by atoms with van der Waals surface area (Å²) in [5, 5.41) is 0. The van der Waals surface area contributed by atoms with E-state index in [-0.39, 0.29) is 5.82 Å². The lowest BCUT2D eigenvalue weighted by Crippen LogP contribution is -2.10. The van der Waals surface area contributed by atoms with Crippen LogP contribution in [0.15, 0.2) is 40.8 Å². The average Bonchev–Trinajstić information content (AvgIpc) is 2.76. The minimum atomic E-state index is -0.406. The van der Waals surface area contributed by atoms with Crippen LogP contribution in [-0.4, -0.2) is 0 Å². The highest BCUT2D eigenvalue weighted by Gasteiger charge is 2.13. The van der Waals surface area contributed by atoms with Gasteiger partial charge < -0.3 is 10.2 Å². The predicted molar refractivity (Wildman–Crippen MR) is 60.5 cm³/mol. The first-order valence-electron chi connectivity index (χ1n) is 5.30. The lowest BCUT2D eigenvalue weighted by atomic mass is 10.1. The Morgan fingerprint density at radius 1 is 1.31 bits per heavy atom. The first-order chi connectivity index (χ1) is 7.70. The molecule has 16 heavy (non-hydrogen) atoms. The summed E-state index contributed by atoms with van der Waals surface area (Å²) in [6.07, 6.45) is 0.829. The molecular weight excluding hydrogens is 205 g/mol. The zero-order valence-corrected chi connectivity index (χ0v) is 9.11. The Labute approximate surface area is 93.9 Å². The summed E-state index contributed by atoms with van der Waals surface area (Å²) in [5.41, 5.74) is 6.71. The number of rotatable bonds is 3. The van der Waals surface area contributed by atoms with Gasteiger partial charge in [0.25, 0.3) is 0 Å². The molecule has 0 spiro atoms.